The van der Waals surface area contributed by atoms with Gasteiger partial charge in [0.2, 0.25) is 0 Å². The molecule has 126 valence electrons. The van der Waals surface area contributed by atoms with Crippen molar-refractivity contribution in [2.45, 2.75) is 33.4 Å². The predicted molar refractivity (Wildman–Crippen MR) is 91.3 cm³/mol. The monoisotopic (exact) mass is 326 g/mol. The first kappa shape index (κ1) is 17.7. The lowest BCUT2D eigenvalue weighted by molar-refractivity contribution is -0.148. The zero-order valence-electron chi connectivity index (χ0n) is 14.2. The molecule has 1 N–H and O–H groups in total. The molecule has 2 aromatic rings. The molecular formula is C19H22N2O3. The molecule has 0 saturated carbocycles. The van der Waals surface area contributed by atoms with E-state index in [2.05, 4.69) is 10.3 Å². The summed E-state index contributed by atoms with van der Waals surface area (Å²) in [5, 5.41) is 2.75. The Morgan fingerprint density at radius 2 is 1.83 bits per heavy atom. The van der Waals surface area contributed by atoms with E-state index in [1.807, 2.05) is 39.0 Å². The highest BCUT2D eigenvalue weighted by Gasteiger charge is 2.26. The first-order valence-electron chi connectivity index (χ1n) is 7.91. The van der Waals surface area contributed by atoms with E-state index in [1.54, 1.807) is 30.5 Å². The van der Waals surface area contributed by atoms with Gasteiger partial charge in [-0.15, -0.1) is 0 Å². The first-order valence-corrected chi connectivity index (χ1v) is 7.91. The van der Waals surface area contributed by atoms with Gasteiger partial charge in [-0.25, -0.2) is 4.79 Å². The summed E-state index contributed by atoms with van der Waals surface area (Å²) in [5.41, 5.74) is 2.25. The van der Waals surface area contributed by atoms with Gasteiger partial charge < -0.3 is 10.1 Å². The molecule has 0 unspecified atom stereocenters. The van der Waals surface area contributed by atoms with Gasteiger partial charge in [-0.2, -0.15) is 0 Å². The van der Waals surface area contributed by atoms with E-state index in [-0.39, 0.29) is 18.4 Å². The highest BCUT2D eigenvalue weighted by Crippen LogP contribution is 2.09. The molecule has 5 heteroatoms. The molecule has 0 radical (unpaired) electrons. The molecule has 2 rings (SSSR count). The van der Waals surface area contributed by atoms with Gasteiger partial charge in [0.1, 0.15) is 12.6 Å². The number of pyridine rings is 1. The molecule has 0 spiro atoms. The summed E-state index contributed by atoms with van der Waals surface area (Å²) in [6.07, 6.45) is 1.64. The van der Waals surface area contributed by atoms with E-state index < -0.39 is 12.0 Å². The molecule has 1 aromatic carbocycles. The maximum Gasteiger partial charge on any atom is 0.329 e. The third kappa shape index (κ3) is 4.91. The number of aromatic nitrogens is 1. The Balaban J connectivity index is 1.99. The molecule has 0 aliphatic heterocycles. The quantitative estimate of drug-likeness (QED) is 0.829. The van der Waals surface area contributed by atoms with Crippen molar-refractivity contribution in [1.29, 1.82) is 0 Å². The highest BCUT2D eigenvalue weighted by molar-refractivity contribution is 5.96. The van der Waals surface area contributed by atoms with Gasteiger partial charge in [0.05, 0.1) is 5.69 Å². The number of hydrogen-bond donors (Lipinski definition) is 1. The molecular weight excluding hydrogens is 304 g/mol. The number of benzene rings is 1. The van der Waals surface area contributed by atoms with E-state index in [1.165, 1.54) is 0 Å². The van der Waals surface area contributed by atoms with Crippen molar-refractivity contribution in [3.05, 3.63) is 65.5 Å². The van der Waals surface area contributed by atoms with Crippen molar-refractivity contribution < 1.29 is 14.3 Å². The maximum atomic E-state index is 12.3. The number of amides is 1. The highest BCUT2D eigenvalue weighted by atomic mass is 16.5. The lowest BCUT2D eigenvalue weighted by Gasteiger charge is -2.21. The van der Waals surface area contributed by atoms with Crippen molar-refractivity contribution in [3.8, 4) is 0 Å². The van der Waals surface area contributed by atoms with E-state index >= 15 is 0 Å². The average molecular weight is 326 g/mol. The van der Waals surface area contributed by atoms with Crippen molar-refractivity contribution in [3.63, 3.8) is 0 Å². The van der Waals surface area contributed by atoms with Crippen LogP contribution in [0.5, 0.6) is 0 Å². The summed E-state index contributed by atoms with van der Waals surface area (Å²) in [4.78, 5) is 28.7. The molecule has 0 aliphatic carbocycles. The number of hydrogen-bond acceptors (Lipinski definition) is 4. The zero-order valence-corrected chi connectivity index (χ0v) is 14.2. The number of nitrogens with one attached hydrogen (secondary N) is 1. The van der Waals surface area contributed by atoms with Gasteiger partial charge in [-0.3, -0.25) is 9.78 Å². The molecule has 0 saturated heterocycles. The Labute approximate surface area is 142 Å². The number of aryl methyl sites for hydroxylation is 1. The van der Waals surface area contributed by atoms with Crippen LogP contribution in [0.3, 0.4) is 0 Å². The van der Waals surface area contributed by atoms with Crippen LogP contribution in [0.15, 0.2) is 48.7 Å². The van der Waals surface area contributed by atoms with Crippen LogP contribution in [0.4, 0.5) is 0 Å². The summed E-state index contributed by atoms with van der Waals surface area (Å²) >= 11 is 0. The van der Waals surface area contributed by atoms with Gasteiger partial charge in [0.15, 0.2) is 0 Å². The van der Waals surface area contributed by atoms with Crippen LogP contribution in [0, 0.1) is 12.8 Å². The van der Waals surface area contributed by atoms with E-state index in [0.717, 1.165) is 5.56 Å². The Morgan fingerprint density at radius 3 is 2.42 bits per heavy atom. The lowest BCUT2D eigenvalue weighted by Crippen LogP contribution is -2.45. The van der Waals surface area contributed by atoms with Crippen LogP contribution >= 0.6 is 0 Å². The number of carbonyl (C=O) groups excluding carboxylic acids is 2. The van der Waals surface area contributed by atoms with Crippen molar-refractivity contribution in [2.24, 2.45) is 5.92 Å². The summed E-state index contributed by atoms with van der Waals surface area (Å²) in [5.74, 6) is -0.838. The zero-order chi connectivity index (χ0) is 17.5. The van der Waals surface area contributed by atoms with Gasteiger partial charge in [-0.1, -0.05) is 37.6 Å². The minimum atomic E-state index is -0.706. The number of esters is 1. The minimum absolute atomic E-state index is 0.0866. The Morgan fingerprint density at radius 1 is 1.12 bits per heavy atom. The number of nitrogens with zero attached hydrogens (tertiary/aromatic N) is 1. The topological polar surface area (TPSA) is 68.3 Å². The molecule has 1 aromatic heterocycles. The Kier molecular flexibility index (Phi) is 6.07. The lowest BCUT2D eigenvalue weighted by atomic mass is 10.0. The SMILES string of the molecule is Cc1ccc(C(=O)N[C@H](C(=O)OCc2ccccn2)C(C)C)cc1. The number of ether oxygens (including phenoxy) is 1. The van der Waals surface area contributed by atoms with E-state index in [0.29, 0.717) is 11.3 Å². The summed E-state index contributed by atoms with van der Waals surface area (Å²) in [6.45, 7) is 5.76. The van der Waals surface area contributed by atoms with Crippen molar-refractivity contribution >= 4 is 11.9 Å². The maximum absolute atomic E-state index is 12.3. The fourth-order valence-corrected chi connectivity index (χ4v) is 2.15. The molecule has 24 heavy (non-hydrogen) atoms. The number of carbonyl (C=O) groups is 2. The van der Waals surface area contributed by atoms with Crippen molar-refractivity contribution in [1.82, 2.24) is 10.3 Å². The molecule has 1 heterocycles. The van der Waals surface area contributed by atoms with Gasteiger partial charge in [-0.05, 0) is 37.1 Å². The molecule has 0 fully saturated rings. The Hall–Kier alpha value is -2.69. The predicted octanol–water partition coefficient (Wildman–Crippen LogP) is 2.89. The Bertz CT molecular complexity index is 682. The second-order valence-electron chi connectivity index (χ2n) is 5.99. The molecule has 1 amide bonds. The van der Waals surface area contributed by atoms with E-state index in [9.17, 15) is 9.59 Å². The molecule has 5 nitrogen and oxygen atoms in total. The summed E-state index contributed by atoms with van der Waals surface area (Å²) in [7, 11) is 0. The van der Waals surface area contributed by atoms with E-state index in [4.69, 9.17) is 4.74 Å². The normalized spacial score (nSPS) is 11.8. The molecule has 0 bridgehead atoms. The third-order valence-electron chi connectivity index (χ3n) is 3.61. The number of rotatable bonds is 6. The van der Waals surface area contributed by atoms with Gasteiger partial charge in [0.25, 0.3) is 5.91 Å². The molecule has 0 aliphatic rings. The second-order valence-corrected chi connectivity index (χ2v) is 5.99. The summed E-state index contributed by atoms with van der Waals surface area (Å²) < 4.78 is 5.29. The van der Waals surface area contributed by atoms with Gasteiger partial charge in [0, 0.05) is 11.8 Å². The van der Waals surface area contributed by atoms with Crippen LogP contribution in [-0.4, -0.2) is 22.9 Å². The largest absolute Gasteiger partial charge is 0.458 e. The summed E-state index contributed by atoms with van der Waals surface area (Å²) in [6, 6.07) is 11.9. The average Bonchev–Trinajstić information content (AvgIpc) is 2.58. The smallest absolute Gasteiger partial charge is 0.329 e. The fourth-order valence-electron chi connectivity index (χ4n) is 2.15. The van der Waals surface area contributed by atoms with Crippen LogP contribution in [-0.2, 0) is 16.1 Å². The third-order valence-corrected chi connectivity index (χ3v) is 3.61. The van der Waals surface area contributed by atoms with Crippen LogP contribution in [0.1, 0.15) is 35.5 Å². The minimum Gasteiger partial charge on any atom is -0.458 e. The first-order chi connectivity index (χ1) is 11.5. The van der Waals surface area contributed by atoms with Crippen molar-refractivity contribution in [2.75, 3.05) is 0 Å². The van der Waals surface area contributed by atoms with Crippen LogP contribution in [0.2, 0.25) is 0 Å². The van der Waals surface area contributed by atoms with Crippen LogP contribution in [0.25, 0.3) is 0 Å². The fraction of sp³-hybridized carbons (Fsp3) is 0.316. The van der Waals surface area contributed by atoms with Crippen LogP contribution < -0.4 is 5.32 Å². The molecule has 1 atom stereocenters. The standard InChI is InChI=1S/C19H22N2O3/c1-13(2)17(19(23)24-12-16-6-4-5-11-20-16)21-18(22)15-9-7-14(3)8-10-15/h4-11,13,17H,12H2,1-3H3,(H,21,22)/t17-/m0/s1. The van der Waals surface area contributed by atoms with Gasteiger partial charge >= 0.3 is 5.97 Å². The second kappa shape index (κ2) is 8.24.